The predicted octanol–water partition coefficient (Wildman–Crippen LogP) is 5.27. The van der Waals surface area contributed by atoms with Gasteiger partial charge >= 0.3 is 0 Å². The van der Waals surface area contributed by atoms with E-state index in [4.69, 9.17) is 25.8 Å². The van der Waals surface area contributed by atoms with Crippen molar-refractivity contribution in [2.24, 2.45) is 0 Å². The molecule has 2 aromatic heterocycles. The molecule has 0 radical (unpaired) electrons. The number of ether oxygens (including phenoxy) is 3. The molecule has 8 heteroatoms. The molecule has 4 heterocycles. The van der Waals surface area contributed by atoms with E-state index in [1.807, 2.05) is 30.3 Å². The van der Waals surface area contributed by atoms with Gasteiger partial charge in [-0.1, -0.05) is 85.5 Å². The van der Waals surface area contributed by atoms with Gasteiger partial charge in [0.25, 0.3) is 6.01 Å². The van der Waals surface area contributed by atoms with Gasteiger partial charge in [-0.2, -0.15) is 4.98 Å². The van der Waals surface area contributed by atoms with Crippen LogP contribution in [0.3, 0.4) is 0 Å². The minimum Gasteiger partial charge on any atom is -0.456 e. The second-order valence-corrected chi connectivity index (χ2v) is 9.46. The number of nitrogens with one attached hydrogen (secondary N) is 1. The highest BCUT2D eigenvalue weighted by Gasteiger charge is 2.48. The lowest BCUT2D eigenvalue weighted by molar-refractivity contribution is 0.00706. The van der Waals surface area contributed by atoms with Crippen LogP contribution >= 0.6 is 11.6 Å². The number of rotatable bonds is 4. The number of pyridine rings is 1. The molecule has 190 valence electrons. The zero-order valence-electron chi connectivity index (χ0n) is 20.2. The first-order valence-electron chi connectivity index (χ1n) is 12.3. The standard InChI is InChI=1S/C24H20ClN3O4.C3H6.C2H2/c25-16-10-17-23(28-24(26-17)32-19-12-31-21-18(29)11-30-22(19)21)27-20(16)15-8-6-14(7-9-15)13-4-2-1-3-5-13;1-2-3-1;1-2/h1-10,18-19,21-22,29H,11-12H2,(H,26,27,28);1-3H2;1-2H/t18-,19-,21-,22-;;/m1../s1. The number of hydrogen-bond acceptors (Lipinski definition) is 6. The highest BCUT2D eigenvalue weighted by molar-refractivity contribution is 6.33. The molecule has 3 aliphatic rings. The summed E-state index contributed by atoms with van der Waals surface area (Å²) < 4.78 is 17.2. The van der Waals surface area contributed by atoms with Crippen molar-refractivity contribution < 1.29 is 19.3 Å². The fraction of sp³-hybridized carbons (Fsp3) is 0.310. The summed E-state index contributed by atoms with van der Waals surface area (Å²) in [6.07, 6.45) is 10.9. The largest absolute Gasteiger partial charge is 0.456 e. The Morgan fingerprint density at radius 2 is 1.51 bits per heavy atom. The van der Waals surface area contributed by atoms with Gasteiger partial charge in [0, 0.05) is 5.56 Å². The SMILES string of the molecule is C#C.C1CC1.O[C@@H]1CO[C@H]2[C@@H]1OC[C@H]2Oc1nc2nc(-c3ccc(-c4ccccc4)cc3)c(Cl)cc2[nH]1. The van der Waals surface area contributed by atoms with E-state index in [9.17, 15) is 5.11 Å². The molecular formula is C29H28ClN3O4. The van der Waals surface area contributed by atoms with Gasteiger partial charge in [-0.15, -0.1) is 12.8 Å². The van der Waals surface area contributed by atoms with E-state index in [0.717, 1.165) is 16.7 Å². The summed E-state index contributed by atoms with van der Waals surface area (Å²) in [5.41, 5.74) is 5.02. The Morgan fingerprint density at radius 3 is 2.22 bits per heavy atom. The van der Waals surface area contributed by atoms with Gasteiger partial charge in [0.05, 0.1) is 29.4 Å². The van der Waals surface area contributed by atoms with Crippen LogP contribution in [0.4, 0.5) is 0 Å². The Morgan fingerprint density at radius 1 is 0.865 bits per heavy atom. The second kappa shape index (κ2) is 11.3. The molecule has 1 saturated carbocycles. The third kappa shape index (κ3) is 5.63. The molecule has 0 unspecified atom stereocenters. The van der Waals surface area contributed by atoms with Crippen LogP contribution in [-0.4, -0.2) is 57.7 Å². The first kappa shape index (κ1) is 25.2. The summed E-state index contributed by atoms with van der Waals surface area (Å²) in [7, 11) is 0. The van der Waals surface area contributed by atoms with Crippen LogP contribution in [0, 0.1) is 12.8 Å². The lowest BCUT2D eigenvalue weighted by Crippen LogP contribution is -2.34. The molecule has 2 aliphatic heterocycles. The number of aliphatic hydroxyl groups excluding tert-OH is 1. The molecule has 0 bridgehead atoms. The van der Waals surface area contributed by atoms with Crippen LogP contribution in [0.5, 0.6) is 6.01 Å². The molecule has 4 atom stereocenters. The summed E-state index contributed by atoms with van der Waals surface area (Å²) in [5.74, 6) is 0. The van der Waals surface area contributed by atoms with E-state index in [0.29, 0.717) is 34.5 Å². The van der Waals surface area contributed by atoms with Crippen LogP contribution in [0.2, 0.25) is 5.02 Å². The van der Waals surface area contributed by atoms with Crippen molar-refractivity contribution >= 4 is 22.8 Å². The molecule has 1 aliphatic carbocycles. The summed E-state index contributed by atoms with van der Waals surface area (Å²) in [6.45, 7) is 0.579. The maximum atomic E-state index is 9.90. The second-order valence-electron chi connectivity index (χ2n) is 9.06. The van der Waals surface area contributed by atoms with Crippen LogP contribution in [0.15, 0.2) is 60.7 Å². The van der Waals surface area contributed by atoms with Crippen molar-refractivity contribution in [2.45, 2.75) is 43.7 Å². The van der Waals surface area contributed by atoms with Crippen LogP contribution in [0.1, 0.15) is 19.3 Å². The number of imidazole rings is 1. The van der Waals surface area contributed by atoms with Gasteiger partial charge in [-0.25, -0.2) is 4.98 Å². The van der Waals surface area contributed by atoms with Gasteiger partial charge in [0.2, 0.25) is 0 Å². The normalized spacial score (nSPS) is 23.4. The van der Waals surface area contributed by atoms with Crippen molar-refractivity contribution in [1.82, 2.24) is 15.0 Å². The minimum absolute atomic E-state index is 0.249. The third-order valence-corrected chi connectivity index (χ3v) is 6.56. The van der Waals surface area contributed by atoms with Gasteiger partial charge in [0.15, 0.2) is 11.8 Å². The molecule has 3 fully saturated rings. The number of nitrogens with zero attached hydrogens (tertiary/aromatic N) is 2. The Balaban J connectivity index is 0.000000514. The summed E-state index contributed by atoms with van der Waals surface area (Å²) in [6, 6.07) is 20.4. The van der Waals surface area contributed by atoms with Crippen molar-refractivity contribution in [3.8, 4) is 41.2 Å². The number of aromatic nitrogens is 3. The van der Waals surface area contributed by atoms with E-state index >= 15 is 0 Å². The average Bonchev–Trinajstić information content (AvgIpc) is 3.59. The molecule has 0 amide bonds. The number of benzene rings is 2. The van der Waals surface area contributed by atoms with E-state index in [2.05, 4.69) is 52.1 Å². The Kier molecular flexibility index (Phi) is 7.73. The number of halogens is 1. The van der Waals surface area contributed by atoms with E-state index in [1.165, 1.54) is 19.3 Å². The smallest absolute Gasteiger partial charge is 0.296 e. The molecular weight excluding hydrogens is 490 g/mol. The predicted molar refractivity (Wildman–Crippen MR) is 143 cm³/mol. The zero-order valence-corrected chi connectivity index (χ0v) is 21.0. The molecule has 2 N–H and O–H groups in total. The zero-order chi connectivity index (χ0) is 25.8. The van der Waals surface area contributed by atoms with Crippen molar-refractivity contribution in [3.05, 3.63) is 65.7 Å². The van der Waals surface area contributed by atoms with E-state index in [-0.39, 0.29) is 24.9 Å². The lowest BCUT2D eigenvalue weighted by Gasteiger charge is -2.15. The van der Waals surface area contributed by atoms with Crippen molar-refractivity contribution in [1.29, 1.82) is 0 Å². The lowest BCUT2D eigenvalue weighted by atomic mass is 10.0. The quantitative estimate of drug-likeness (QED) is 0.358. The molecule has 4 aromatic rings. The molecule has 37 heavy (non-hydrogen) atoms. The molecule has 7 rings (SSSR count). The monoisotopic (exact) mass is 517 g/mol. The van der Waals surface area contributed by atoms with Crippen molar-refractivity contribution in [3.63, 3.8) is 0 Å². The van der Waals surface area contributed by atoms with Gasteiger partial charge in [0.1, 0.15) is 18.3 Å². The number of fused-ring (bicyclic) bond motifs is 2. The maximum absolute atomic E-state index is 9.90. The van der Waals surface area contributed by atoms with E-state index in [1.54, 1.807) is 6.07 Å². The Hall–Kier alpha value is -3.41. The number of aliphatic hydroxyl groups is 1. The number of hydrogen-bond donors (Lipinski definition) is 2. The summed E-state index contributed by atoms with van der Waals surface area (Å²) in [4.78, 5) is 12.3. The topological polar surface area (TPSA) is 89.5 Å². The van der Waals surface area contributed by atoms with Crippen LogP contribution < -0.4 is 4.74 Å². The Bertz CT molecular complexity index is 1350. The van der Waals surface area contributed by atoms with Crippen LogP contribution in [0.25, 0.3) is 33.5 Å². The van der Waals surface area contributed by atoms with Crippen molar-refractivity contribution in [2.75, 3.05) is 13.2 Å². The van der Waals surface area contributed by atoms with Crippen LogP contribution in [-0.2, 0) is 9.47 Å². The van der Waals surface area contributed by atoms with Gasteiger partial charge < -0.3 is 24.3 Å². The third-order valence-electron chi connectivity index (χ3n) is 6.27. The fourth-order valence-electron chi connectivity index (χ4n) is 4.29. The Labute approximate surface area is 220 Å². The summed E-state index contributed by atoms with van der Waals surface area (Å²) >= 11 is 6.54. The molecule has 0 spiro atoms. The highest BCUT2D eigenvalue weighted by atomic mass is 35.5. The molecule has 2 aromatic carbocycles. The number of H-pyrrole nitrogens is 1. The first-order chi connectivity index (χ1) is 18.2. The molecule has 7 nitrogen and oxygen atoms in total. The number of aromatic amines is 1. The van der Waals surface area contributed by atoms with Gasteiger partial charge in [-0.3, -0.25) is 0 Å². The highest BCUT2D eigenvalue weighted by Crippen LogP contribution is 2.33. The fourth-order valence-corrected chi connectivity index (χ4v) is 4.55. The first-order valence-corrected chi connectivity index (χ1v) is 12.7. The number of terminal acetylenes is 1. The molecule has 2 saturated heterocycles. The minimum atomic E-state index is -0.624. The maximum Gasteiger partial charge on any atom is 0.296 e. The average molecular weight is 518 g/mol. The summed E-state index contributed by atoms with van der Waals surface area (Å²) in [5, 5.41) is 10.4. The van der Waals surface area contributed by atoms with Gasteiger partial charge in [-0.05, 0) is 17.2 Å². The van der Waals surface area contributed by atoms with E-state index < -0.39 is 6.10 Å².